The minimum Gasteiger partial charge on any atom is -0.308 e. The van der Waals surface area contributed by atoms with E-state index < -0.39 is 0 Å². The SMILES string of the molecule is c1ccc(-c2ccc3c(c2)c2cc(-c4ccccc4)cc4c2n3-c2cc(N(c3ccccc3)c3ccccc3)c(-n3c5ccccc5c5ccccc53)c3c2C4c2cc(-c4ccccc4)cc4c5cc(-c6ccccc6)ccc5n-3c24)cc1. The summed E-state index contributed by atoms with van der Waals surface area (Å²) in [6, 6.07) is 111. The maximum atomic E-state index is 2.69. The van der Waals surface area contributed by atoms with Crippen molar-refractivity contribution in [3.05, 3.63) is 314 Å². The second kappa shape index (κ2) is 17.8. The Morgan fingerprint density at radius 3 is 1.10 bits per heavy atom. The summed E-state index contributed by atoms with van der Waals surface area (Å²) in [6.45, 7) is 0. The fourth-order valence-electron chi connectivity index (χ4n) is 14.5. The highest BCUT2D eigenvalue weighted by atomic mass is 15.2. The Morgan fingerprint density at radius 1 is 0.253 bits per heavy atom. The largest absolute Gasteiger partial charge is 0.308 e. The fraction of sp³-hybridized carbons (Fsp3) is 0.0127. The third kappa shape index (κ3) is 6.69. The zero-order chi connectivity index (χ0) is 54.3. The average molecular weight is 1060 g/mol. The van der Waals surface area contributed by atoms with Gasteiger partial charge in [-0.3, -0.25) is 0 Å². The lowest BCUT2D eigenvalue weighted by atomic mass is 9.76. The number of aromatic nitrogens is 3. The summed E-state index contributed by atoms with van der Waals surface area (Å²) < 4.78 is 7.95. The molecule has 0 bridgehead atoms. The molecule has 0 saturated heterocycles. The van der Waals surface area contributed by atoms with Crippen LogP contribution in [0.4, 0.5) is 17.1 Å². The molecule has 0 spiro atoms. The number of fused-ring (bicyclic) bond motifs is 13. The van der Waals surface area contributed by atoms with Crippen LogP contribution in [0, 0.1) is 0 Å². The summed E-state index contributed by atoms with van der Waals surface area (Å²) in [5.41, 5.74) is 27.2. The van der Waals surface area contributed by atoms with Gasteiger partial charge in [0.05, 0.1) is 55.8 Å². The molecule has 4 nitrogen and oxygen atoms in total. The van der Waals surface area contributed by atoms with E-state index in [1.165, 1.54) is 121 Å². The molecule has 0 fully saturated rings. The van der Waals surface area contributed by atoms with Gasteiger partial charge in [-0.15, -0.1) is 0 Å². The van der Waals surface area contributed by atoms with Crippen LogP contribution in [0.2, 0.25) is 0 Å². The molecule has 4 heteroatoms. The van der Waals surface area contributed by atoms with Crippen molar-refractivity contribution in [3.8, 4) is 61.6 Å². The molecule has 0 saturated carbocycles. The first-order valence-electron chi connectivity index (χ1n) is 28.8. The second-order valence-electron chi connectivity index (χ2n) is 22.4. The van der Waals surface area contributed by atoms with Crippen molar-refractivity contribution in [2.24, 2.45) is 0 Å². The molecule has 0 radical (unpaired) electrons. The molecular weight excluding hydrogens is 1000 g/mol. The molecule has 0 aliphatic carbocycles. The van der Waals surface area contributed by atoms with E-state index in [-0.39, 0.29) is 5.92 Å². The molecule has 16 aromatic rings. The molecule has 0 amide bonds. The average Bonchev–Trinajstić information content (AvgIpc) is 1.83. The maximum absolute atomic E-state index is 2.69. The molecule has 5 heterocycles. The zero-order valence-electron chi connectivity index (χ0n) is 45.2. The second-order valence-corrected chi connectivity index (χ2v) is 22.4. The number of hydrogen-bond donors (Lipinski definition) is 0. The van der Waals surface area contributed by atoms with Crippen LogP contribution in [0.3, 0.4) is 0 Å². The highest BCUT2D eigenvalue weighted by Crippen LogP contribution is 2.60. The van der Waals surface area contributed by atoms with E-state index in [1.54, 1.807) is 0 Å². The van der Waals surface area contributed by atoms with Crippen LogP contribution in [0.1, 0.15) is 22.6 Å². The van der Waals surface area contributed by atoms with Gasteiger partial charge in [0, 0.05) is 55.2 Å². The van der Waals surface area contributed by atoms with Crippen LogP contribution < -0.4 is 4.90 Å². The number of hydrogen-bond acceptors (Lipinski definition) is 1. The van der Waals surface area contributed by atoms with Gasteiger partial charge < -0.3 is 18.6 Å². The predicted octanol–water partition coefficient (Wildman–Crippen LogP) is 20.9. The van der Waals surface area contributed by atoms with Gasteiger partial charge in [-0.05, 0) is 147 Å². The Kier molecular flexibility index (Phi) is 9.83. The van der Waals surface area contributed by atoms with Crippen molar-refractivity contribution in [2.45, 2.75) is 5.92 Å². The summed E-state index contributed by atoms with van der Waals surface area (Å²) >= 11 is 0. The van der Waals surface area contributed by atoms with E-state index in [0.29, 0.717) is 0 Å². The van der Waals surface area contributed by atoms with E-state index >= 15 is 0 Å². The quantitative estimate of drug-likeness (QED) is 0.148. The monoisotopic (exact) mass is 1050 g/mol. The lowest BCUT2D eigenvalue weighted by molar-refractivity contribution is 0.876. The normalized spacial score (nSPS) is 13.2. The highest BCUT2D eigenvalue weighted by molar-refractivity contribution is 6.19. The van der Waals surface area contributed by atoms with Crippen molar-refractivity contribution in [3.63, 3.8) is 0 Å². The molecule has 3 aromatic heterocycles. The molecular formula is C79H50N4. The van der Waals surface area contributed by atoms with Crippen molar-refractivity contribution in [2.75, 3.05) is 4.90 Å². The van der Waals surface area contributed by atoms with E-state index in [0.717, 1.165) is 39.3 Å². The van der Waals surface area contributed by atoms with E-state index in [1.807, 2.05) is 0 Å². The van der Waals surface area contributed by atoms with Gasteiger partial charge >= 0.3 is 0 Å². The Labute approximate surface area is 479 Å². The Bertz CT molecular complexity index is 5200. The number of benzene rings is 13. The Morgan fingerprint density at radius 2 is 0.627 bits per heavy atom. The standard InChI is InChI=1S/C79H50N4/c1-7-23-50(24-8-1)54-39-41-70-62(43-54)64-45-56(52-27-11-3-12-28-52)47-66-74-67-48-57(53-29-13-4-14-30-53)46-65-63-44-55(51-25-9-2-10-26-51)40-42-71(63)83(77(65)67)79-75(74)72(82(70)76(64)66)49-73(80(58-31-15-5-16-32-58)59-33-17-6-18-34-59)78(79)81-68-37-21-19-35-60(68)61-36-20-22-38-69(61)81/h1-49,74H. The molecule has 0 N–H and O–H groups in total. The lowest BCUT2D eigenvalue weighted by Crippen LogP contribution is -2.25. The summed E-state index contributed by atoms with van der Waals surface area (Å²) in [4.78, 5) is 2.51. The third-order valence-corrected chi connectivity index (χ3v) is 17.9. The first-order chi connectivity index (χ1) is 41.2. The van der Waals surface area contributed by atoms with Gasteiger partial charge in [-0.2, -0.15) is 0 Å². The van der Waals surface area contributed by atoms with Gasteiger partial charge in [0.15, 0.2) is 0 Å². The molecule has 386 valence electrons. The van der Waals surface area contributed by atoms with Crippen LogP contribution >= 0.6 is 0 Å². The summed E-state index contributed by atoms with van der Waals surface area (Å²) in [5, 5.41) is 7.35. The minimum absolute atomic E-state index is 0.198. The molecule has 83 heavy (non-hydrogen) atoms. The van der Waals surface area contributed by atoms with E-state index in [2.05, 4.69) is 316 Å². The summed E-state index contributed by atoms with van der Waals surface area (Å²) in [7, 11) is 0. The minimum atomic E-state index is -0.198. The summed E-state index contributed by atoms with van der Waals surface area (Å²) in [5.74, 6) is -0.198. The topological polar surface area (TPSA) is 18.0 Å². The van der Waals surface area contributed by atoms with Crippen LogP contribution in [-0.4, -0.2) is 13.7 Å². The fourth-order valence-corrected chi connectivity index (χ4v) is 14.5. The predicted molar refractivity (Wildman–Crippen MR) is 347 cm³/mol. The summed E-state index contributed by atoms with van der Waals surface area (Å²) in [6.07, 6.45) is 0. The maximum Gasteiger partial charge on any atom is 0.0951 e. The van der Waals surface area contributed by atoms with Crippen LogP contribution in [0.25, 0.3) is 127 Å². The van der Waals surface area contributed by atoms with Gasteiger partial charge in [-0.1, -0.05) is 206 Å². The molecule has 13 aromatic carbocycles. The van der Waals surface area contributed by atoms with Crippen molar-refractivity contribution < 1.29 is 0 Å². The van der Waals surface area contributed by atoms with Gasteiger partial charge in [0.1, 0.15) is 0 Å². The van der Waals surface area contributed by atoms with E-state index in [4.69, 9.17) is 0 Å². The van der Waals surface area contributed by atoms with Crippen LogP contribution in [-0.2, 0) is 0 Å². The van der Waals surface area contributed by atoms with Gasteiger partial charge in [0.25, 0.3) is 0 Å². The van der Waals surface area contributed by atoms with Gasteiger partial charge in [0.2, 0.25) is 0 Å². The van der Waals surface area contributed by atoms with Crippen LogP contribution in [0.15, 0.2) is 297 Å². The lowest BCUT2D eigenvalue weighted by Gasteiger charge is -2.39. The Balaban J connectivity index is 1.10. The number of anilines is 3. The van der Waals surface area contributed by atoms with Crippen molar-refractivity contribution in [1.29, 1.82) is 0 Å². The number of nitrogens with zero attached hydrogens (tertiary/aromatic N) is 4. The van der Waals surface area contributed by atoms with Gasteiger partial charge in [-0.25, -0.2) is 0 Å². The Hall–Kier alpha value is -10.9. The van der Waals surface area contributed by atoms with Crippen molar-refractivity contribution in [1.82, 2.24) is 13.7 Å². The molecule has 1 unspecified atom stereocenters. The first kappa shape index (κ1) is 45.9. The first-order valence-corrected chi connectivity index (χ1v) is 28.8. The zero-order valence-corrected chi connectivity index (χ0v) is 45.2. The van der Waals surface area contributed by atoms with Crippen molar-refractivity contribution >= 4 is 82.5 Å². The molecule has 2 aliphatic rings. The third-order valence-electron chi connectivity index (χ3n) is 17.9. The number of para-hydroxylation sites is 4. The molecule has 2 aliphatic heterocycles. The van der Waals surface area contributed by atoms with E-state index in [9.17, 15) is 0 Å². The molecule has 1 atom stereocenters. The van der Waals surface area contributed by atoms with Crippen LogP contribution in [0.5, 0.6) is 0 Å². The highest BCUT2D eigenvalue weighted by Gasteiger charge is 2.43. The number of rotatable bonds is 8. The molecule has 18 rings (SSSR count). The smallest absolute Gasteiger partial charge is 0.0951 e.